The average molecular weight is 345 g/mol. The van der Waals surface area contributed by atoms with Gasteiger partial charge in [0, 0.05) is 18.8 Å². The van der Waals surface area contributed by atoms with Crippen molar-refractivity contribution in [1.29, 1.82) is 0 Å². The molecule has 0 aliphatic heterocycles. The highest BCUT2D eigenvalue weighted by Crippen LogP contribution is 2.16. The van der Waals surface area contributed by atoms with Crippen LogP contribution in [0, 0.1) is 0 Å². The molecule has 6 heteroatoms. The van der Waals surface area contributed by atoms with Crippen molar-refractivity contribution in [2.24, 2.45) is 0 Å². The van der Waals surface area contributed by atoms with Crippen LogP contribution in [0.3, 0.4) is 0 Å². The van der Waals surface area contributed by atoms with Crippen LogP contribution in [0.1, 0.15) is 71.1 Å². The number of unbranched alkanes of at least 4 members (excludes halogenated alkanes) is 5. The second kappa shape index (κ2) is 14.2. The summed E-state index contributed by atoms with van der Waals surface area (Å²) in [5.74, 6) is -1.87. The Hall–Kier alpha value is -1.14. The SMILES string of the molecule is CCCCCCCC[N+](CCO)(CCCC(=O)[O-])CCCC(=O)O. The Morgan fingerprint density at radius 1 is 0.833 bits per heavy atom. The molecule has 24 heavy (non-hydrogen) atoms. The summed E-state index contributed by atoms with van der Waals surface area (Å²) in [5.41, 5.74) is 0. The summed E-state index contributed by atoms with van der Waals surface area (Å²) in [7, 11) is 0. The molecule has 1 unspecified atom stereocenters. The first-order chi connectivity index (χ1) is 11.5. The number of nitrogens with zero attached hydrogens (tertiary/aromatic N) is 1. The Kier molecular flexibility index (Phi) is 13.5. The van der Waals surface area contributed by atoms with Crippen LogP contribution in [0.25, 0.3) is 0 Å². The van der Waals surface area contributed by atoms with E-state index in [-0.39, 0.29) is 19.4 Å². The van der Waals surface area contributed by atoms with E-state index in [1.54, 1.807) is 0 Å². The molecule has 1 atom stereocenters. The Bertz CT molecular complexity index is 326. The van der Waals surface area contributed by atoms with Gasteiger partial charge in [-0.05, 0) is 19.3 Å². The molecule has 0 rings (SSSR count). The second-order valence-electron chi connectivity index (χ2n) is 6.70. The fraction of sp³-hybridized carbons (Fsp3) is 0.889. The molecule has 142 valence electrons. The number of rotatable bonds is 17. The highest BCUT2D eigenvalue weighted by atomic mass is 16.4. The molecule has 0 bridgehead atoms. The first-order valence-corrected chi connectivity index (χ1v) is 9.33. The van der Waals surface area contributed by atoms with Gasteiger partial charge in [0.15, 0.2) is 0 Å². The standard InChI is InChI=1S/C18H35NO5/c1-2-3-4-5-6-7-12-19(15-16-20,13-8-10-17(21)22)14-9-11-18(23)24/h20H,2-16H2,1H3,(H-,21,22,23,24). The van der Waals surface area contributed by atoms with Crippen LogP contribution in [0.15, 0.2) is 0 Å². The van der Waals surface area contributed by atoms with Crippen LogP contribution in [0.5, 0.6) is 0 Å². The zero-order valence-electron chi connectivity index (χ0n) is 15.2. The van der Waals surface area contributed by atoms with Gasteiger partial charge in [-0.15, -0.1) is 0 Å². The van der Waals surface area contributed by atoms with Crippen LogP contribution in [-0.4, -0.2) is 59.4 Å². The van der Waals surface area contributed by atoms with Gasteiger partial charge in [-0.2, -0.15) is 0 Å². The van der Waals surface area contributed by atoms with E-state index in [1.807, 2.05) is 0 Å². The first kappa shape index (κ1) is 22.9. The largest absolute Gasteiger partial charge is 0.550 e. The molecule has 0 aromatic carbocycles. The molecule has 0 saturated heterocycles. The molecule has 0 saturated carbocycles. The number of carboxylic acids is 2. The molecule has 0 fully saturated rings. The summed E-state index contributed by atoms with van der Waals surface area (Å²) >= 11 is 0. The van der Waals surface area contributed by atoms with Crippen molar-refractivity contribution in [3.05, 3.63) is 0 Å². The summed E-state index contributed by atoms with van der Waals surface area (Å²) in [6.07, 6.45) is 8.24. The van der Waals surface area contributed by atoms with Crippen LogP contribution < -0.4 is 5.11 Å². The fourth-order valence-electron chi connectivity index (χ4n) is 3.23. The van der Waals surface area contributed by atoms with Crippen molar-refractivity contribution in [1.82, 2.24) is 0 Å². The quantitative estimate of drug-likeness (QED) is 0.308. The lowest BCUT2D eigenvalue weighted by Gasteiger charge is -2.39. The first-order valence-electron chi connectivity index (χ1n) is 9.33. The summed E-state index contributed by atoms with van der Waals surface area (Å²) < 4.78 is 0.616. The summed E-state index contributed by atoms with van der Waals surface area (Å²) in [5, 5.41) is 28.9. The van der Waals surface area contributed by atoms with Crippen molar-refractivity contribution >= 4 is 11.9 Å². The van der Waals surface area contributed by atoms with Gasteiger partial charge in [0.1, 0.15) is 6.54 Å². The molecule has 0 spiro atoms. The van der Waals surface area contributed by atoms with Crippen LogP contribution in [-0.2, 0) is 9.59 Å². The third-order valence-corrected chi connectivity index (χ3v) is 4.60. The highest BCUT2D eigenvalue weighted by molar-refractivity contribution is 5.66. The zero-order chi connectivity index (χ0) is 18.3. The van der Waals surface area contributed by atoms with Crippen molar-refractivity contribution in [3.63, 3.8) is 0 Å². The molecule has 0 aliphatic carbocycles. The smallest absolute Gasteiger partial charge is 0.303 e. The molecule has 2 N–H and O–H groups in total. The predicted octanol–water partition coefficient (Wildman–Crippen LogP) is 1.55. The zero-order valence-corrected chi connectivity index (χ0v) is 15.2. The number of hydrogen-bond donors (Lipinski definition) is 2. The predicted molar refractivity (Wildman–Crippen MR) is 91.3 cm³/mol. The normalized spacial score (nSPS) is 13.6. The van der Waals surface area contributed by atoms with Gasteiger partial charge in [-0.3, -0.25) is 4.79 Å². The van der Waals surface area contributed by atoms with E-state index in [0.29, 0.717) is 37.0 Å². The summed E-state index contributed by atoms with van der Waals surface area (Å²) in [4.78, 5) is 21.4. The Labute approximate surface area is 146 Å². The summed E-state index contributed by atoms with van der Waals surface area (Å²) in [6, 6.07) is 0. The third-order valence-electron chi connectivity index (χ3n) is 4.60. The molecule has 0 aliphatic rings. The second-order valence-corrected chi connectivity index (χ2v) is 6.70. The number of carboxylic acid groups (broad SMARTS) is 2. The van der Waals surface area contributed by atoms with Crippen molar-refractivity contribution in [2.45, 2.75) is 71.1 Å². The molecular formula is C18H35NO5. The lowest BCUT2D eigenvalue weighted by atomic mass is 10.1. The third kappa shape index (κ3) is 12.3. The number of hydrogen-bond acceptors (Lipinski definition) is 4. The van der Waals surface area contributed by atoms with Crippen LogP contribution >= 0.6 is 0 Å². The molecule has 6 nitrogen and oxygen atoms in total. The van der Waals surface area contributed by atoms with Crippen LogP contribution in [0.2, 0.25) is 0 Å². The lowest BCUT2D eigenvalue weighted by molar-refractivity contribution is -0.929. The Morgan fingerprint density at radius 3 is 1.92 bits per heavy atom. The minimum absolute atomic E-state index is 0.0147. The van der Waals surface area contributed by atoms with Gasteiger partial charge in [0.25, 0.3) is 0 Å². The fourth-order valence-corrected chi connectivity index (χ4v) is 3.23. The van der Waals surface area contributed by atoms with Gasteiger partial charge < -0.3 is 24.6 Å². The van der Waals surface area contributed by atoms with Gasteiger partial charge in [-0.25, -0.2) is 0 Å². The number of aliphatic carboxylic acids is 2. The maximum absolute atomic E-state index is 10.8. The Balaban J connectivity index is 4.52. The molecule has 0 amide bonds. The van der Waals surface area contributed by atoms with E-state index in [9.17, 15) is 19.8 Å². The van der Waals surface area contributed by atoms with Gasteiger partial charge in [0.05, 0.1) is 32.7 Å². The Morgan fingerprint density at radius 2 is 1.38 bits per heavy atom. The monoisotopic (exact) mass is 345 g/mol. The molecule has 0 radical (unpaired) electrons. The summed E-state index contributed by atoms with van der Waals surface area (Å²) in [6.45, 7) is 4.98. The van der Waals surface area contributed by atoms with E-state index >= 15 is 0 Å². The molecule has 0 heterocycles. The van der Waals surface area contributed by atoms with Crippen LogP contribution in [0.4, 0.5) is 0 Å². The van der Waals surface area contributed by atoms with Gasteiger partial charge in [-0.1, -0.05) is 32.6 Å². The highest BCUT2D eigenvalue weighted by Gasteiger charge is 2.26. The molecular weight excluding hydrogens is 310 g/mol. The van der Waals surface area contributed by atoms with E-state index < -0.39 is 11.9 Å². The van der Waals surface area contributed by atoms with E-state index in [2.05, 4.69) is 6.92 Å². The van der Waals surface area contributed by atoms with Crippen molar-refractivity contribution < 1.29 is 29.4 Å². The van der Waals surface area contributed by atoms with Gasteiger partial charge >= 0.3 is 5.97 Å². The number of carbonyl (C=O) groups is 2. The van der Waals surface area contributed by atoms with E-state index in [1.165, 1.54) is 25.7 Å². The number of carbonyl (C=O) groups excluding carboxylic acids is 1. The van der Waals surface area contributed by atoms with Crippen molar-refractivity contribution in [2.75, 3.05) is 32.8 Å². The van der Waals surface area contributed by atoms with E-state index in [4.69, 9.17) is 5.11 Å². The molecule has 0 aromatic rings. The maximum Gasteiger partial charge on any atom is 0.303 e. The van der Waals surface area contributed by atoms with Gasteiger partial charge in [0.2, 0.25) is 0 Å². The topological polar surface area (TPSA) is 97.7 Å². The average Bonchev–Trinajstić information content (AvgIpc) is 2.50. The van der Waals surface area contributed by atoms with Crippen molar-refractivity contribution in [3.8, 4) is 0 Å². The lowest BCUT2D eigenvalue weighted by Crippen LogP contribution is -2.52. The van der Waals surface area contributed by atoms with E-state index in [0.717, 1.165) is 19.4 Å². The number of aliphatic hydroxyl groups excluding tert-OH is 1. The molecule has 0 aromatic heterocycles. The maximum atomic E-state index is 10.8. The minimum Gasteiger partial charge on any atom is -0.550 e. The number of aliphatic hydroxyl groups is 1. The number of quaternary nitrogens is 1. The minimum atomic E-state index is -1.05.